The summed E-state index contributed by atoms with van der Waals surface area (Å²) in [6.45, 7) is 3.03. The highest BCUT2D eigenvalue weighted by atomic mass is 79.9. The molecule has 1 aliphatic heterocycles. The number of benzene rings is 1. The maximum atomic E-state index is 12.6. The monoisotopic (exact) mass is 412 g/mol. The number of nitrogens with zero attached hydrogens (tertiary/aromatic N) is 1. The topological polar surface area (TPSA) is 72.6 Å². The third-order valence-electron chi connectivity index (χ3n) is 4.00. The molecule has 1 aromatic rings. The Labute approximate surface area is 146 Å². The van der Waals surface area contributed by atoms with Crippen molar-refractivity contribution in [3.05, 3.63) is 22.7 Å². The molecule has 0 spiro atoms. The summed E-state index contributed by atoms with van der Waals surface area (Å²) in [5, 5.41) is 0. The normalized spacial score (nSPS) is 18.5. The number of halogens is 2. The van der Waals surface area contributed by atoms with E-state index in [-0.39, 0.29) is 23.3 Å². The number of hydrogen-bond donors (Lipinski definition) is 1. The lowest BCUT2D eigenvalue weighted by Crippen LogP contribution is -2.42. The van der Waals surface area contributed by atoms with Gasteiger partial charge in [0.25, 0.3) is 0 Å². The zero-order valence-corrected chi connectivity index (χ0v) is 15.9. The van der Waals surface area contributed by atoms with Gasteiger partial charge in [0.15, 0.2) is 0 Å². The van der Waals surface area contributed by atoms with Crippen molar-refractivity contribution in [3.63, 3.8) is 0 Å². The van der Waals surface area contributed by atoms with E-state index in [4.69, 9.17) is 10.5 Å². The number of ether oxygens (including phenoxy) is 1. The fourth-order valence-corrected chi connectivity index (χ4v) is 4.79. The lowest BCUT2D eigenvalue weighted by molar-refractivity contribution is 0.250. The van der Waals surface area contributed by atoms with Crippen LogP contribution in [0.4, 0.5) is 0 Å². The minimum Gasteiger partial charge on any atom is -0.496 e. The highest BCUT2D eigenvalue weighted by Crippen LogP contribution is 2.30. The van der Waals surface area contributed by atoms with Gasteiger partial charge in [0.1, 0.15) is 5.75 Å². The maximum absolute atomic E-state index is 12.6. The Morgan fingerprint density at radius 2 is 1.95 bits per heavy atom. The van der Waals surface area contributed by atoms with Crippen molar-refractivity contribution in [1.29, 1.82) is 0 Å². The summed E-state index contributed by atoms with van der Waals surface area (Å²) in [7, 11) is -1.90. The van der Waals surface area contributed by atoms with Gasteiger partial charge in [-0.2, -0.15) is 4.31 Å². The molecule has 0 amide bonds. The van der Waals surface area contributed by atoms with E-state index >= 15 is 0 Å². The predicted molar refractivity (Wildman–Crippen MR) is 93.1 cm³/mol. The number of hydrogen-bond acceptors (Lipinski definition) is 4. The third kappa shape index (κ3) is 4.14. The first-order valence-corrected chi connectivity index (χ1v) is 9.19. The molecule has 1 aromatic carbocycles. The van der Waals surface area contributed by atoms with Crippen molar-refractivity contribution < 1.29 is 13.2 Å². The standard InChI is InChI=1S/C14H21BrN2O3S.ClH/c1-10(16)11-5-7-17(8-6-11)21(18,19)12-3-4-14(20-2)13(15)9-12;/h3-4,9-11H,5-8,16H2,1-2H3;1H. The van der Waals surface area contributed by atoms with E-state index in [2.05, 4.69) is 15.9 Å². The molecule has 1 unspecified atom stereocenters. The minimum absolute atomic E-state index is 0. The van der Waals surface area contributed by atoms with Gasteiger partial charge in [0, 0.05) is 19.1 Å². The zero-order chi connectivity index (χ0) is 15.6. The molecule has 0 aromatic heterocycles. The Kier molecular flexibility index (Phi) is 7.14. The van der Waals surface area contributed by atoms with E-state index in [0.717, 1.165) is 12.8 Å². The molecule has 0 bridgehead atoms. The minimum atomic E-state index is -3.45. The SMILES string of the molecule is COc1ccc(S(=O)(=O)N2CCC(C(C)N)CC2)cc1Br.Cl. The van der Waals surface area contributed by atoms with Crippen molar-refractivity contribution in [2.45, 2.75) is 30.7 Å². The van der Waals surface area contributed by atoms with Crippen molar-refractivity contribution in [3.8, 4) is 5.75 Å². The Bertz CT molecular complexity index is 602. The van der Waals surface area contributed by atoms with Gasteiger partial charge in [0.05, 0.1) is 16.5 Å². The van der Waals surface area contributed by atoms with Gasteiger partial charge in [-0.05, 0) is 59.8 Å². The van der Waals surface area contributed by atoms with Gasteiger partial charge >= 0.3 is 0 Å². The number of rotatable bonds is 4. The second-order valence-electron chi connectivity index (χ2n) is 5.40. The van der Waals surface area contributed by atoms with Crippen LogP contribution in [0, 0.1) is 5.92 Å². The summed E-state index contributed by atoms with van der Waals surface area (Å²) < 4.78 is 32.6. The maximum Gasteiger partial charge on any atom is 0.243 e. The van der Waals surface area contributed by atoms with Crippen molar-refractivity contribution >= 4 is 38.4 Å². The molecule has 126 valence electrons. The van der Waals surface area contributed by atoms with Crippen LogP contribution in [0.3, 0.4) is 0 Å². The number of nitrogens with two attached hydrogens (primary N) is 1. The molecular weight excluding hydrogens is 392 g/mol. The van der Waals surface area contributed by atoms with Gasteiger partial charge in [-0.3, -0.25) is 0 Å². The highest BCUT2D eigenvalue weighted by Gasteiger charge is 2.30. The summed E-state index contributed by atoms with van der Waals surface area (Å²) in [5.41, 5.74) is 5.90. The molecule has 22 heavy (non-hydrogen) atoms. The zero-order valence-electron chi connectivity index (χ0n) is 12.7. The van der Waals surface area contributed by atoms with Crippen LogP contribution in [0.2, 0.25) is 0 Å². The second kappa shape index (κ2) is 7.97. The summed E-state index contributed by atoms with van der Waals surface area (Å²) >= 11 is 3.33. The smallest absolute Gasteiger partial charge is 0.243 e. The molecule has 2 N–H and O–H groups in total. The van der Waals surface area contributed by atoms with E-state index in [9.17, 15) is 8.42 Å². The Balaban J connectivity index is 0.00000242. The van der Waals surface area contributed by atoms with Gasteiger partial charge in [-0.25, -0.2) is 8.42 Å². The van der Waals surface area contributed by atoms with Crippen LogP contribution in [0.15, 0.2) is 27.6 Å². The Hall–Kier alpha value is -0.340. The summed E-state index contributed by atoms with van der Waals surface area (Å²) in [6, 6.07) is 4.94. The quantitative estimate of drug-likeness (QED) is 0.823. The van der Waals surface area contributed by atoms with Crippen LogP contribution in [-0.4, -0.2) is 39.0 Å². The number of piperidine rings is 1. The van der Waals surface area contributed by atoms with Crippen LogP contribution >= 0.6 is 28.3 Å². The Morgan fingerprint density at radius 1 is 1.36 bits per heavy atom. The molecule has 1 heterocycles. The van der Waals surface area contributed by atoms with Crippen LogP contribution in [0.1, 0.15) is 19.8 Å². The molecule has 1 saturated heterocycles. The summed E-state index contributed by atoms with van der Waals surface area (Å²) in [6.07, 6.45) is 1.63. The first kappa shape index (κ1) is 19.7. The summed E-state index contributed by atoms with van der Waals surface area (Å²) in [5.74, 6) is 1.02. The van der Waals surface area contributed by atoms with Crippen molar-refractivity contribution in [1.82, 2.24) is 4.31 Å². The fraction of sp³-hybridized carbons (Fsp3) is 0.571. The first-order chi connectivity index (χ1) is 9.86. The van der Waals surface area contributed by atoms with Gasteiger partial charge in [-0.15, -0.1) is 12.4 Å². The first-order valence-electron chi connectivity index (χ1n) is 6.95. The predicted octanol–water partition coefficient (Wildman–Crippen LogP) is 2.63. The van der Waals surface area contributed by atoms with Gasteiger partial charge < -0.3 is 10.5 Å². The molecule has 0 aliphatic carbocycles. The molecule has 8 heteroatoms. The molecule has 1 fully saturated rings. The molecule has 0 saturated carbocycles. The molecule has 1 aliphatic rings. The fourth-order valence-electron chi connectivity index (χ4n) is 2.60. The van der Waals surface area contributed by atoms with Crippen LogP contribution in [-0.2, 0) is 10.0 Å². The average molecular weight is 414 g/mol. The number of sulfonamides is 1. The molecule has 1 atom stereocenters. The molecular formula is C14H22BrClN2O3S. The van der Waals surface area contributed by atoms with E-state index in [0.29, 0.717) is 29.2 Å². The van der Waals surface area contributed by atoms with Crippen LogP contribution in [0.25, 0.3) is 0 Å². The van der Waals surface area contributed by atoms with Crippen molar-refractivity contribution in [2.75, 3.05) is 20.2 Å². The van der Waals surface area contributed by atoms with E-state index in [1.54, 1.807) is 29.6 Å². The lowest BCUT2D eigenvalue weighted by atomic mass is 9.92. The number of methoxy groups -OCH3 is 1. The van der Waals surface area contributed by atoms with Gasteiger partial charge in [0.2, 0.25) is 10.0 Å². The average Bonchev–Trinajstić information content (AvgIpc) is 2.47. The van der Waals surface area contributed by atoms with E-state index < -0.39 is 10.0 Å². The van der Waals surface area contributed by atoms with Crippen LogP contribution < -0.4 is 10.5 Å². The van der Waals surface area contributed by atoms with Crippen LogP contribution in [0.5, 0.6) is 5.75 Å². The Morgan fingerprint density at radius 3 is 2.41 bits per heavy atom. The van der Waals surface area contributed by atoms with E-state index in [1.807, 2.05) is 6.92 Å². The van der Waals surface area contributed by atoms with Gasteiger partial charge in [-0.1, -0.05) is 0 Å². The highest BCUT2D eigenvalue weighted by molar-refractivity contribution is 9.10. The van der Waals surface area contributed by atoms with E-state index in [1.165, 1.54) is 0 Å². The lowest BCUT2D eigenvalue weighted by Gasteiger charge is -2.33. The second-order valence-corrected chi connectivity index (χ2v) is 8.19. The largest absolute Gasteiger partial charge is 0.496 e. The third-order valence-corrected chi connectivity index (χ3v) is 6.52. The summed E-state index contributed by atoms with van der Waals surface area (Å²) in [4.78, 5) is 0.287. The molecule has 0 radical (unpaired) electrons. The molecule has 5 nitrogen and oxygen atoms in total. The van der Waals surface area contributed by atoms with Crippen molar-refractivity contribution in [2.24, 2.45) is 11.7 Å². The molecule has 2 rings (SSSR count).